The first-order valence-corrected chi connectivity index (χ1v) is 6.60. The van der Waals surface area contributed by atoms with Crippen molar-refractivity contribution >= 4 is 22.5 Å². The Morgan fingerprint density at radius 3 is 2.76 bits per heavy atom. The highest BCUT2D eigenvalue weighted by Gasteiger charge is 2.34. The molecule has 3 rings (SSSR count). The predicted octanol–water partition coefficient (Wildman–Crippen LogP) is 3.59. The number of nitrogens with two attached hydrogens (primary N) is 1. The third kappa shape index (κ3) is 1.67. The van der Waals surface area contributed by atoms with E-state index in [1.807, 2.05) is 6.20 Å². The van der Waals surface area contributed by atoms with Crippen molar-refractivity contribution in [1.29, 1.82) is 0 Å². The van der Waals surface area contributed by atoms with Crippen LogP contribution in [0, 0.1) is 0 Å². The van der Waals surface area contributed by atoms with Crippen LogP contribution in [0.1, 0.15) is 31.2 Å². The summed E-state index contributed by atoms with van der Waals surface area (Å²) in [6.45, 7) is 0.743. The van der Waals surface area contributed by atoms with Crippen LogP contribution in [0.5, 0.6) is 0 Å². The van der Waals surface area contributed by atoms with Crippen molar-refractivity contribution in [2.45, 2.75) is 31.1 Å². The molecule has 3 heteroatoms. The predicted molar refractivity (Wildman–Crippen MR) is 72.5 cm³/mol. The first-order valence-electron chi connectivity index (χ1n) is 6.22. The van der Waals surface area contributed by atoms with Crippen molar-refractivity contribution in [2.75, 3.05) is 6.54 Å². The van der Waals surface area contributed by atoms with Gasteiger partial charge in [-0.2, -0.15) is 0 Å². The minimum absolute atomic E-state index is 0.200. The van der Waals surface area contributed by atoms with E-state index in [0.29, 0.717) is 0 Å². The fourth-order valence-electron chi connectivity index (χ4n) is 3.08. The Balaban J connectivity index is 2.10. The zero-order chi connectivity index (χ0) is 11.9. The zero-order valence-corrected chi connectivity index (χ0v) is 10.6. The Morgan fingerprint density at radius 2 is 2.06 bits per heavy atom. The van der Waals surface area contributed by atoms with E-state index in [-0.39, 0.29) is 5.41 Å². The van der Waals surface area contributed by atoms with Gasteiger partial charge in [0.1, 0.15) is 0 Å². The molecule has 90 valence electrons. The van der Waals surface area contributed by atoms with Crippen LogP contribution >= 0.6 is 11.6 Å². The zero-order valence-electron chi connectivity index (χ0n) is 9.80. The Morgan fingerprint density at radius 1 is 1.29 bits per heavy atom. The fraction of sp³-hybridized carbons (Fsp3) is 0.429. The normalized spacial score (nSPS) is 18.9. The molecule has 0 spiro atoms. The first-order chi connectivity index (χ1) is 8.25. The molecule has 1 saturated carbocycles. The van der Waals surface area contributed by atoms with E-state index in [1.54, 1.807) is 0 Å². The van der Waals surface area contributed by atoms with Crippen LogP contribution in [0.15, 0.2) is 24.4 Å². The summed E-state index contributed by atoms with van der Waals surface area (Å²) in [7, 11) is 0. The molecule has 0 atom stereocenters. The van der Waals surface area contributed by atoms with E-state index in [1.165, 1.54) is 31.2 Å². The Labute approximate surface area is 106 Å². The molecule has 3 N–H and O–H groups in total. The summed E-state index contributed by atoms with van der Waals surface area (Å²) in [4.78, 5) is 3.22. The lowest BCUT2D eigenvalue weighted by molar-refractivity contribution is 0.453. The highest BCUT2D eigenvalue weighted by molar-refractivity contribution is 6.35. The van der Waals surface area contributed by atoms with Gasteiger partial charge in [0.05, 0.1) is 5.02 Å². The van der Waals surface area contributed by atoms with Gasteiger partial charge in [-0.3, -0.25) is 0 Å². The Kier molecular flexibility index (Phi) is 2.64. The summed E-state index contributed by atoms with van der Waals surface area (Å²) in [5.74, 6) is 0. The number of aromatic amines is 1. The van der Waals surface area contributed by atoms with Gasteiger partial charge in [0.15, 0.2) is 0 Å². The van der Waals surface area contributed by atoms with Crippen LogP contribution in [0.3, 0.4) is 0 Å². The van der Waals surface area contributed by atoms with Gasteiger partial charge in [-0.1, -0.05) is 36.6 Å². The molecule has 1 aliphatic carbocycles. The molecule has 0 bridgehead atoms. The van der Waals surface area contributed by atoms with Crippen molar-refractivity contribution in [3.8, 4) is 0 Å². The summed E-state index contributed by atoms with van der Waals surface area (Å²) in [5, 5.41) is 1.89. The number of H-pyrrole nitrogens is 1. The van der Waals surface area contributed by atoms with Crippen LogP contribution in [0.25, 0.3) is 10.9 Å². The molecule has 2 aromatic rings. The van der Waals surface area contributed by atoms with E-state index in [2.05, 4.69) is 23.2 Å². The molecule has 0 amide bonds. The van der Waals surface area contributed by atoms with E-state index in [9.17, 15) is 0 Å². The number of halogens is 1. The number of fused-ring (bicyclic) bond motifs is 1. The smallest absolute Gasteiger partial charge is 0.0659 e. The largest absolute Gasteiger partial charge is 0.360 e. The number of nitrogens with one attached hydrogen (secondary N) is 1. The van der Waals surface area contributed by atoms with Gasteiger partial charge in [0.25, 0.3) is 0 Å². The average molecular weight is 249 g/mol. The second-order valence-corrected chi connectivity index (χ2v) is 5.50. The van der Waals surface area contributed by atoms with Crippen LogP contribution in [0.2, 0.25) is 5.02 Å². The maximum absolute atomic E-state index is 6.10. The minimum Gasteiger partial charge on any atom is -0.360 e. The molecule has 1 fully saturated rings. The highest BCUT2D eigenvalue weighted by atomic mass is 35.5. The minimum atomic E-state index is 0.200. The van der Waals surface area contributed by atoms with Gasteiger partial charge in [-0.15, -0.1) is 0 Å². The van der Waals surface area contributed by atoms with Crippen LogP contribution in [0.4, 0.5) is 0 Å². The second-order valence-electron chi connectivity index (χ2n) is 5.09. The highest BCUT2D eigenvalue weighted by Crippen LogP contribution is 2.41. The first kappa shape index (κ1) is 11.1. The number of hydrogen-bond donors (Lipinski definition) is 2. The second kappa shape index (κ2) is 4.04. The molecule has 1 heterocycles. The molecule has 0 saturated heterocycles. The van der Waals surface area contributed by atoms with E-state index in [0.717, 1.165) is 22.5 Å². The fourth-order valence-corrected chi connectivity index (χ4v) is 3.30. The standard InChI is InChI=1S/C14H17ClN2/c15-12-8-17-13-7-10(3-4-11(12)13)14(9-16)5-1-2-6-14/h3-4,7-8,17H,1-2,5-6,9,16H2. The molecule has 0 radical (unpaired) electrons. The number of hydrogen-bond acceptors (Lipinski definition) is 1. The van der Waals surface area contributed by atoms with E-state index in [4.69, 9.17) is 17.3 Å². The SMILES string of the molecule is NCC1(c2ccc3c(Cl)c[nH]c3c2)CCCC1. The van der Waals surface area contributed by atoms with Crippen molar-refractivity contribution in [3.05, 3.63) is 35.0 Å². The van der Waals surface area contributed by atoms with Gasteiger partial charge < -0.3 is 10.7 Å². The summed E-state index contributed by atoms with van der Waals surface area (Å²) >= 11 is 6.10. The summed E-state index contributed by atoms with van der Waals surface area (Å²) in [6, 6.07) is 6.53. The monoisotopic (exact) mass is 248 g/mol. The van der Waals surface area contributed by atoms with Gasteiger partial charge in [-0.05, 0) is 24.5 Å². The Hall–Kier alpha value is -0.990. The van der Waals surface area contributed by atoms with Crippen LogP contribution < -0.4 is 5.73 Å². The maximum atomic E-state index is 6.10. The average Bonchev–Trinajstić information content (AvgIpc) is 2.97. The van der Waals surface area contributed by atoms with Crippen molar-refractivity contribution in [3.63, 3.8) is 0 Å². The maximum Gasteiger partial charge on any atom is 0.0659 e. The van der Waals surface area contributed by atoms with Crippen LogP contribution in [-0.4, -0.2) is 11.5 Å². The summed E-state index contributed by atoms with van der Waals surface area (Å²) < 4.78 is 0. The quantitative estimate of drug-likeness (QED) is 0.838. The number of rotatable bonds is 2. The molecule has 17 heavy (non-hydrogen) atoms. The summed E-state index contributed by atoms with van der Waals surface area (Å²) in [5.41, 5.74) is 8.70. The number of aromatic nitrogens is 1. The molecule has 1 aromatic heterocycles. The van der Waals surface area contributed by atoms with Crippen molar-refractivity contribution in [1.82, 2.24) is 4.98 Å². The van der Waals surface area contributed by atoms with E-state index < -0.39 is 0 Å². The van der Waals surface area contributed by atoms with Crippen LogP contribution in [-0.2, 0) is 5.41 Å². The summed E-state index contributed by atoms with van der Waals surface area (Å²) in [6.07, 6.45) is 6.86. The lowest BCUT2D eigenvalue weighted by atomic mass is 9.79. The van der Waals surface area contributed by atoms with E-state index >= 15 is 0 Å². The van der Waals surface area contributed by atoms with Gasteiger partial charge in [0, 0.05) is 29.1 Å². The lowest BCUT2D eigenvalue weighted by Gasteiger charge is -2.27. The third-order valence-electron chi connectivity index (χ3n) is 4.20. The lowest BCUT2D eigenvalue weighted by Crippen LogP contribution is -2.31. The third-order valence-corrected chi connectivity index (χ3v) is 4.51. The van der Waals surface area contributed by atoms with Crippen molar-refractivity contribution < 1.29 is 0 Å². The molecule has 1 aliphatic rings. The number of benzene rings is 1. The van der Waals surface area contributed by atoms with Gasteiger partial charge >= 0.3 is 0 Å². The van der Waals surface area contributed by atoms with Gasteiger partial charge in [-0.25, -0.2) is 0 Å². The molecule has 2 nitrogen and oxygen atoms in total. The van der Waals surface area contributed by atoms with Crippen molar-refractivity contribution in [2.24, 2.45) is 5.73 Å². The Bertz CT molecular complexity index is 538. The molecule has 1 aromatic carbocycles. The molecular formula is C14H17ClN2. The van der Waals surface area contributed by atoms with Gasteiger partial charge in [0.2, 0.25) is 0 Å². The molecule has 0 unspecified atom stereocenters. The topological polar surface area (TPSA) is 41.8 Å². The molecular weight excluding hydrogens is 232 g/mol. The molecule has 0 aliphatic heterocycles.